The summed E-state index contributed by atoms with van der Waals surface area (Å²) in [5.74, 6) is 0.0206. The van der Waals surface area contributed by atoms with Crippen LogP contribution >= 0.6 is 11.3 Å². The Kier molecular flexibility index (Phi) is 3.54. The Balaban J connectivity index is 1.66. The second-order valence-corrected chi connectivity index (χ2v) is 6.84. The summed E-state index contributed by atoms with van der Waals surface area (Å²) >= 11 is 1.45. The maximum Gasteiger partial charge on any atom is 0.313 e. The molecule has 4 aromatic rings. The maximum absolute atomic E-state index is 12.4. The molecule has 0 fully saturated rings. The molecule has 0 aliphatic carbocycles. The molecule has 6 heteroatoms. The lowest BCUT2D eigenvalue weighted by molar-refractivity contribution is 0.0992. The van der Waals surface area contributed by atoms with E-state index in [4.69, 9.17) is 4.42 Å². The largest absolute Gasteiger partial charge is 0.432 e. The number of hydrogen-bond acceptors (Lipinski definition) is 5. The lowest BCUT2D eigenvalue weighted by atomic mass is 10.0. The van der Waals surface area contributed by atoms with Crippen molar-refractivity contribution in [2.45, 2.75) is 19.8 Å². The van der Waals surface area contributed by atoms with Gasteiger partial charge in [0.1, 0.15) is 5.52 Å². The minimum Gasteiger partial charge on any atom is -0.432 e. The molecule has 4 rings (SSSR count). The van der Waals surface area contributed by atoms with Crippen LogP contribution < -0.4 is 5.32 Å². The van der Waals surface area contributed by atoms with E-state index in [1.54, 1.807) is 6.07 Å². The number of fused-ring (bicyclic) bond motifs is 2. The van der Waals surface area contributed by atoms with Gasteiger partial charge in [-0.3, -0.25) is 10.1 Å². The zero-order valence-electron chi connectivity index (χ0n) is 13.2. The number of hydrogen-bond donors (Lipinski definition) is 1. The highest BCUT2D eigenvalue weighted by molar-refractivity contribution is 7.22. The maximum atomic E-state index is 12.4. The van der Waals surface area contributed by atoms with Crippen molar-refractivity contribution in [3.63, 3.8) is 0 Å². The van der Waals surface area contributed by atoms with Gasteiger partial charge in [0.25, 0.3) is 5.89 Å². The van der Waals surface area contributed by atoms with Gasteiger partial charge in [0.2, 0.25) is 0 Å². The Bertz CT molecular complexity index is 1020. The Morgan fingerprint density at radius 2 is 1.96 bits per heavy atom. The summed E-state index contributed by atoms with van der Waals surface area (Å²) in [5, 5.41) is 3.33. The zero-order valence-corrected chi connectivity index (χ0v) is 14.1. The second kappa shape index (κ2) is 5.72. The molecule has 0 saturated heterocycles. The van der Waals surface area contributed by atoms with Gasteiger partial charge in [0, 0.05) is 0 Å². The van der Waals surface area contributed by atoms with Gasteiger partial charge in [-0.25, -0.2) is 9.97 Å². The first-order chi connectivity index (χ1) is 11.6. The third kappa shape index (κ3) is 2.55. The number of rotatable bonds is 3. The molecule has 0 bridgehead atoms. The van der Waals surface area contributed by atoms with Crippen molar-refractivity contribution in [1.82, 2.24) is 9.97 Å². The highest BCUT2D eigenvalue weighted by atomic mass is 32.1. The Labute approximate surface area is 142 Å². The molecule has 0 aliphatic rings. The van der Waals surface area contributed by atoms with E-state index in [9.17, 15) is 4.79 Å². The molecule has 2 heterocycles. The number of carbonyl (C=O) groups is 1. The van der Waals surface area contributed by atoms with E-state index in [1.807, 2.05) is 30.3 Å². The van der Waals surface area contributed by atoms with Gasteiger partial charge in [-0.15, -0.1) is 0 Å². The number of thiazole rings is 1. The van der Waals surface area contributed by atoms with E-state index in [2.05, 4.69) is 35.2 Å². The standard InChI is InChI=1S/C18H15N3O2S/c1-10(2)11-6-5-9-14-15(11)20-18(24-14)21-16(22)17-19-12-7-3-4-8-13(12)23-17/h3-10H,1-2H3,(H,20,21,22). The fourth-order valence-electron chi connectivity index (χ4n) is 2.61. The molecule has 0 aliphatic heterocycles. The molecule has 1 amide bonds. The van der Waals surface area contributed by atoms with E-state index in [-0.39, 0.29) is 5.89 Å². The van der Waals surface area contributed by atoms with E-state index in [0.29, 0.717) is 22.1 Å². The number of carbonyl (C=O) groups excluding carboxylic acids is 1. The average Bonchev–Trinajstić information content (AvgIpc) is 3.17. The molecule has 0 spiro atoms. The lowest BCUT2D eigenvalue weighted by Gasteiger charge is -2.04. The molecule has 120 valence electrons. The number of nitrogens with zero attached hydrogens (tertiary/aromatic N) is 2. The van der Waals surface area contributed by atoms with Gasteiger partial charge in [0.05, 0.1) is 10.2 Å². The van der Waals surface area contributed by atoms with Crippen LogP contribution in [0, 0.1) is 0 Å². The van der Waals surface area contributed by atoms with E-state index >= 15 is 0 Å². The summed E-state index contributed by atoms with van der Waals surface area (Å²) in [6, 6.07) is 13.4. The summed E-state index contributed by atoms with van der Waals surface area (Å²) in [4.78, 5) is 21.2. The SMILES string of the molecule is CC(C)c1cccc2sc(NC(=O)c3nc4ccccc4o3)nc12. The number of anilines is 1. The molecule has 0 unspecified atom stereocenters. The van der Waals surface area contributed by atoms with Crippen LogP contribution in [0.5, 0.6) is 0 Å². The normalized spacial score (nSPS) is 11.5. The molecule has 0 radical (unpaired) electrons. The third-order valence-electron chi connectivity index (χ3n) is 3.78. The van der Waals surface area contributed by atoms with Crippen molar-refractivity contribution < 1.29 is 9.21 Å². The van der Waals surface area contributed by atoms with Crippen LogP contribution in [0.4, 0.5) is 5.13 Å². The van der Waals surface area contributed by atoms with Crippen molar-refractivity contribution in [3.05, 3.63) is 53.9 Å². The summed E-state index contributed by atoms with van der Waals surface area (Å²) in [5.41, 5.74) is 3.36. The van der Waals surface area contributed by atoms with Crippen molar-refractivity contribution >= 4 is 43.7 Å². The molecule has 5 nitrogen and oxygen atoms in total. The summed E-state index contributed by atoms with van der Waals surface area (Å²) < 4.78 is 6.54. The van der Waals surface area contributed by atoms with Crippen molar-refractivity contribution in [2.75, 3.05) is 5.32 Å². The average molecular weight is 337 g/mol. The highest BCUT2D eigenvalue weighted by Crippen LogP contribution is 2.31. The highest BCUT2D eigenvalue weighted by Gasteiger charge is 2.17. The summed E-state index contributed by atoms with van der Waals surface area (Å²) in [6.07, 6.45) is 0. The van der Waals surface area contributed by atoms with Crippen LogP contribution in [-0.4, -0.2) is 15.9 Å². The number of nitrogens with one attached hydrogen (secondary N) is 1. The smallest absolute Gasteiger partial charge is 0.313 e. The number of amides is 1. The van der Waals surface area contributed by atoms with E-state index in [1.165, 1.54) is 16.9 Å². The van der Waals surface area contributed by atoms with Crippen LogP contribution in [-0.2, 0) is 0 Å². The predicted octanol–water partition coefficient (Wildman–Crippen LogP) is 4.81. The van der Waals surface area contributed by atoms with Crippen molar-refractivity contribution in [1.29, 1.82) is 0 Å². The van der Waals surface area contributed by atoms with Crippen LogP contribution in [0.2, 0.25) is 0 Å². The first-order valence-electron chi connectivity index (χ1n) is 7.68. The quantitative estimate of drug-likeness (QED) is 0.582. The van der Waals surface area contributed by atoms with E-state index < -0.39 is 5.91 Å². The first-order valence-corrected chi connectivity index (χ1v) is 8.50. The number of aromatic nitrogens is 2. The summed E-state index contributed by atoms with van der Waals surface area (Å²) in [7, 11) is 0. The molecule has 1 N–H and O–H groups in total. The minimum atomic E-state index is -0.392. The van der Waals surface area contributed by atoms with Crippen LogP contribution in [0.15, 0.2) is 46.9 Å². The van der Waals surface area contributed by atoms with E-state index in [0.717, 1.165) is 10.2 Å². The van der Waals surface area contributed by atoms with Gasteiger partial charge in [0.15, 0.2) is 10.7 Å². The number of benzene rings is 2. The number of oxazole rings is 1. The minimum absolute atomic E-state index is 0.0412. The fourth-order valence-corrected chi connectivity index (χ4v) is 3.50. The molecular formula is C18H15N3O2S. The van der Waals surface area contributed by atoms with Crippen LogP contribution in [0.1, 0.15) is 36.0 Å². The van der Waals surface area contributed by atoms with Crippen LogP contribution in [0.3, 0.4) is 0 Å². The Hall–Kier alpha value is -2.73. The van der Waals surface area contributed by atoms with Gasteiger partial charge >= 0.3 is 5.91 Å². The zero-order chi connectivity index (χ0) is 16.7. The van der Waals surface area contributed by atoms with Gasteiger partial charge in [-0.1, -0.05) is 49.4 Å². The number of para-hydroxylation sites is 3. The fraction of sp³-hybridized carbons (Fsp3) is 0.167. The second-order valence-electron chi connectivity index (χ2n) is 5.81. The molecule has 0 atom stereocenters. The van der Waals surface area contributed by atoms with Gasteiger partial charge < -0.3 is 4.42 Å². The molecular weight excluding hydrogens is 322 g/mol. The lowest BCUT2D eigenvalue weighted by Crippen LogP contribution is -2.11. The first kappa shape index (κ1) is 14.8. The monoisotopic (exact) mass is 337 g/mol. The third-order valence-corrected chi connectivity index (χ3v) is 4.72. The molecule has 2 aromatic heterocycles. The van der Waals surface area contributed by atoms with Gasteiger partial charge in [-0.2, -0.15) is 0 Å². The topological polar surface area (TPSA) is 68.0 Å². The Morgan fingerprint density at radius 1 is 1.12 bits per heavy atom. The summed E-state index contributed by atoms with van der Waals surface area (Å²) in [6.45, 7) is 4.26. The van der Waals surface area contributed by atoms with Gasteiger partial charge in [-0.05, 0) is 29.7 Å². The Morgan fingerprint density at radius 3 is 2.75 bits per heavy atom. The molecule has 0 saturated carbocycles. The molecule has 24 heavy (non-hydrogen) atoms. The van der Waals surface area contributed by atoms with Crippen molar-refractivity contribution in [3.8, 4) is 0 Å². The van der Waals surface area contributed by atoms with Crippen molar-refractivity contribution in [2.24, 2.45) is 0 Å². The molecule has 2 aromatic carbocycles. The predicted molar refractivity (Wildman–Crippen MR) is 95.7 cm³/mol. The van der Waals surface area contributed by atoms with Crippen LogP contribution in [0.25, 0.3) is 21.3 Å².